The fourth-order valence-electron chi connectivity index (χ4n) is 3.58. The molecule has 0 heterocycles. The van der Waals surface area contributed by atoms with Crippen LogP contribution in [0.15, 0.2) is 83.8 Å². The Labute approximate surface area is 215 Å². The third-order valence-corrected chi connectivity index (χ3v) is 6.49. The Morgan fingerprint density at radius 3 is 2.23 bits per heavy atom. The smallest absolute Gasteiger partial charge is 0.243 e. The Morgan fingerprint density at radius 1 is 0.971 bits per heavy atom. The van der Waals surface area contributed by atoms with Crippen molar-refractivity contribution in [2.75, 3.05) is 5.75 Å². The molecular weight excluding hydrogens is 483 g/mol. The lowest BCUT2D eigenvalue weighted by molar-refractivity contribution is -0.140. The maximum atomic E-state index is 14.6. The van der Waals surface area contributed by atoms with Gasteiger partial charge in [-0.05, 0) is 56.7 Å². The summed E-state index contributed by atoms with van der Waals surface area (Å²) < 4.78 is 14.6. The Hall–Kier alpha value is -2.83. The molecule has 1 atom stereocenters. The molecule has 0 radical (unpaired) electrons. The first-order valence-electron chi connectivity index (χ1n) is 11.4. The van der Waals surface area contributed by atoms with E-state index in [2.05, 4.69) is 5.32 Å². The summed E-state index contributed by atoms with van der Waals surface area (Å²) in [4.78, 5) is 29.4. The average Bonchev–Trinajstić information content (AvgIpc) is 2.81. The van der Waals surface area contributed by atoms with Crippen LogP contribution in [0.3, 0.4) is 0 Å². The summed E-state index contributed by atoms with van der Waals surface area (Å²) in [5.41, 5.74) is 0.786. The number of amides is 2. The fraction of sp³-hybridized carbons (Fsp3) is 0.286. The molecule has 0 aliphatic carbocycles. The number of carbonyl (C=O) groups excluding carboxylic acids is 2. The summed E-state index contributed by atoms with van der Waals surface area (Å²) in [6.07, 6.45) is 0.314. The van der Waals surface area contributed by atoms with Crippen LogP contribution in [0.4, 0.5) is 4.39 Å². The molecule has 0 aromatic heterocycles. The van der Waals surface area contributed by atoms with E-state index < -0.39 is 17.4 Å². The highest BCUT2D eigenvalue weighted by Gasteiger charge is 2.32. The van der Waals surface area contributed by atoms with Gasteiger partial charge in [-0.2, -0.15) is 0 Å². The lowest BCUT2D eigenvalue weighted by atomic mass is 10.0. The molecule has 3 rings (SSSR count). The zero-order valence-electron chi connectivity index (χ0n) is 20.1. The Bertz CT molecular complexity index is 1130. The van der Waals surface area contributed by atoms with Crippen molar-refractivity contribution in [3.05, 3.63) is 101 Å². The molecule has 3 aromatic carbocycles. The zero-order chi connectivity index (χ0) is 25.4. The van der Waals surface area contributed by atoms with Gasteiger partial charge in [-0.15, -0.1) is 11.8 Å². The highest BCUT2D eigenvalue weighted by Crippen LogP contribution is 2.23. The third kappa shape index (κ3) is 8.41. The first-order chi connectivity index (χ1) is 16.6. The average molecular weight is 513 g/mol. The van der Waals surface area contributed by atoms with Crippen LogP contribution in [0, 0.1) is 5.82 Å². The van der Waals surface area contributed by atoms with Gasteiger partial charge in [-0.25, -0.2) is 4.39 Å². The van der Waals surface area contributed by atoms with E-state index in [1.54, 1.807) is 30.3 Å². The van der Waals surface area contributed by atoms with E-state index in [9.17, 15) is 14.0 Å². The first-order valence-corrected chi connectivity index (χ1v) is 12.8. The standard InChI is InChI=1S/C28H30ClFN2O2S/c1-28(2,3)31-27(34)25(17-20-9-5-4-6-10-20)32(18-21-11-7-8-12-24(21)30)26(33)19-35-23-15-13-22(29)14-16-23/h4-16,25H,17-19H2,1-3H3,(H,31,34)/t25-/m1/s1. The van der Waals surface area contributed by atoms with Crippen LogP contribution in [-0.2, 0) is 22.6 Å². The number of nitrogens with zero attached hydrogens (tertiary/aromatic N) is 1. The van der Waals surface area contributed by atoms with Gasteiger partial charge in [0.25, 0.3) is 0 Å². The number of benzene rings is 3. The predicted molar refractivity (Wildman–Crippen MR) is 141 cm³/mol. The van der Waals surface area contributed by atoms with Crippen molar-refractivity contribution < 1.29 is 14.0 Å². The molecule has 2 amide bonds. The molecule has 4 nitrogen and oxygen atoms in total. The Balaban J connectivity index is 1.93. The predicted octanol–water partition coefficient (Wildman–Crippen LogP) is 6.13. The number of carbonyl (C=O) groups is 2. The van der Waals surface area contributed by atoms with Gasteiger partial charge in [0.15, 0.2) is 0 Å². The summed E-state index contributed by atoms with van der Waals surface area (Å²) in [5, 5.41) is 3.62. The topological polar surface area (TPSA) is 49.4 Å². The Morgan fingerprint density at radius 2 is 1.60 bits per heavy atom. The molecule has 0 fully saturated rings. The van der Waals surface area contributed by atoms with E-state index in [-0.39, 0.29) is 24.1 Å². The van der Waals surface area contributed by atoms with E-state index in [4.69, 9.17) is 11.6 Å². The molecule has 0 aliphatic rings. The van der Waals surface area contributed by atoms with Gasteiger partial charge in [-0.1, -0.05) is 60.1 Å². The largest absolute Gasteiger partial charge is 0.350 e. The SMILES string of the molecule is CC(C)(C)NC(=O)[C@@H](Cc1ccccc1)N(Cc1ccccc1F)C(=O)CSc1ccc(Cl)cc1. The number of hydrogen-bond donors (Lipinski definition) is 1. The summed E-state index contributed by atoms with van der Waals surface area (Å²) in [5.74, 6) is -0.837. The van der Waals surface area contributed by atoms with E-state index in [0.29, 0.717) is 17.0 Å². The minimum absolute atomic E-state index is 0.0122. The monoisotopic (exact) mass is 512 g/mol. The zero-order valence-corrected chi connectivity index (χ0v) is 21.7. The van der Waals surface area contributed by atoms with Crippen LogP contribution < -0.4 is 5.32 Å². The van der Waals surface area contributed by atoms with Crippen LogP contribution in [0.1, 0.15) is 31.9 Å². The van der Waals surface area contributed by atoms with Gasteiger partial charge in [-0.3, -0.25) is 9.59 Å². The number of hydrogen-bond acceptors (Lipinski definition) is 3. The molecule has 7 heteroatoms. The van der Waals surface area contributed by atoms with Crippen LogP contribution in [0.5, 0.6) is 0 Å². The van der Waals surface area contributed by atoms with E-state index >= 15 is 0 Å². The van der Waals surface area contributed by atoms with Crippen molar-refractivity contribution in [3.8, 4) is 0 Å². The molecule has 1 N–H and O–H groups in total. The third-order valence-electron chi connectivity index (χ3n) is 5.24. The molecular formula is C28H30ClFN2O2S. The molecule has 184 valence electrons. The van der Waals surface area contributed by atoms with Crippen LogP contribution in [0.25, 0.3) is 0 Å². The van der Waals surface area contributed by atoms with Gasteiger partial charge in [0, 0.05) is 34.0 Å². The molecule has 0 saturated heterocycles. The van der Waals surface area contributed by atoms with Crippen molar-refractivity contribution in [2.24, 2.45) is 0 Å². The molecule has 0 unspecified atom stereocenters. The van der Waals surface area contributed by atoms with Crippen LogP contribution in [-0.4, -0.2) is 34.0 Å². The maximum Gasteiger partial charge on any atom is 0.243 e. The molecule has 0 aliphatic heterocycles. The number of nitrogens with one attached hydrogen (secondary N) is 1. The quantitative estimate of drug-likeness (QED) is 0.351. The molecule has 0 spiro atoms. The first kappa shape index (κ1) is 26.8. The van der Waals surface area contributed by atoms with Gasteiger partial charge < -0.3 is 10.2 Å². The number of halogens is 2. The van der Waals surface area contributed by atoms with Crippen LogP contribution in [0.2, 0.25) is 5.02 Å². The van der Waals surface area contributed by atoms with Gasteiger partial charge in [0.1, 0.15) is 11.9 Å². The van der Waals surface area contributed by atoms with Crippen molar-refractivity contribution in [1.29, 1.82) is 0 Å². The highest BCUT2D eigenvalue weighted by atomic mass is 35.5. The Kier molecular flexibility index (Phi) is 9.35. The van der Waals surface area contributed by atoms with Crippen molar-refractivity contribution >= 4 is 35.2 Å². The fourth-order valence-corrected chi connectivity index (χ4v) is 4.49. The second-order valence-corrected chi connectivity index (χ2v) is 10.8. The highest BCUT2D eigenvalue weighted by molar-refractivity contribution is 8.00. The lowest BCUT2D eigenvalue weighted by Crippen LogP contribution is -2.54. The second kappa shape index (κ2) is 12.2. The summed E-state index contributed by atoms with van der Waals surface area (Å²) >= 11 is 7.33. The number of rotatable bonds is 9. The van der Waals surface area contributed by atoms with Crippen LogP contribution >= 0.6 is 23.4 Å². The molecule has 35 heavy (non-hydrogen) atoms. The van der Waals surface area contributed by atoms with Gasteiger partial charge in [0.05, 0.1) is 5.75 Å². The molecule has 0 bridgehead atoms. The van der Waals surface area contributed by atoms with Crippen molar-refractivity contribution in [2.45, 2.75) is 50.2 Å². The molecule has 0 saturated carbocycles. The van der Waals surface area contributed by atoms with Gasteiger partial charge >= 0.3 is 0 Å². The maximum absolute atomic E-state index is 14.6. The lowest BCUT2D eigenvalue weighted by Gasteiger charge is -2.34. The number of thioether (sulfide) groups is 1. The minimum atomic E-state index is -0.811. The summed E-state index contributed by atoms with van der Waals surface area (Å²) in [6, 6.07) is 22.3. The van der Waals surface area contributed by atoms with Gasteiger partial charge in [0.2, 0.25) is 11.8 Å². The second-order valence-electron chi connectivity index (χ2n) is 9.30. The normalized spacial score (nSPS) is 12.1. The van der Waals surface area contributed by atoms with E-state index in [1.807, 2.05) is 63.2 Å². The minimum Gasteiger partial charge on any atom is -0.350 e. The summed E-state index contributed by atoms with van der Waals surface area (Å²) in [6.45, 7) is 5.67. The molecule has 3 aromatic rings. The van der Waals surface area contributed by atoms with Crippen molar-refractivity contribution in [1.82, 2.24) is 10.2 Å². The van der Waals surface area contributed by atoms with E-state index in [1.165, 1.54) is 22.7 Å². The summed E-state index contributed by atoms with van der Waals surface area (Å²) in [7, 11) is 0. The van der Waals surface area contributed by atoms with E-state index in [0.717, 1.165) is 10.5 Å². The van der Waals surface area contributed by atoms with Crippen molar-refractivity contribution in [3.63, 3.8) is 0 Å².